The summed E-state index contributed by atoms with van der Waals surface area (Å²) in [5.74, 6) is 1.36. The second kappa shape index (κ2) is 6.94. The molecule has 5 heteroatoms. The van der Waals surface area contributed by atoms with Crippen molar-refractivity contribution in [1.29, 1.82) is 0 Å². The number of fused-ring (bicyclic) bond motifs is 1. The lowest BCUT2D eigenvalue weighted by Crippen LogP contribution is -2.39. The third-order valence-corrected chi connectivity index (χ3v) is 5.46. The van der Waals surface area contributed by atoms with Crippen LogP contribution in [-0.4, -0.2) is 30.6 Å². The summed E-state index contributed by atoms with van der Waals surface area (Å²) in [4.78, 5) is 13.1. The van der Waals surface area contributed by atoms with Gasteiger partial charge in [0.15, 0.2) is 0 Å². The number of nitrogens with zero attached hydrogens (tertiary/aromatic N) is 2. The summed E-state index contributed by atoms with van der Waals surface area (Å²) in [6.07, 6.45) is 2.17. The molecule has 0 amide bonds. The van der Waals surface area contributed by atoms with E-state index in [4.69, 9.17) is 10.5 Å². The smallest absolute Gasteiger partial charge is 0.140 e. The molecule has 0 radical (unpaired) electrons. The number of nitrogens with two attached hydrogens (primary N) is 1. The molecular formula is C20H23N3O2. The third-order valence-electron chi connectivity index (χ3n) is 5.46. The molecule has 5 nitrogen and oxygen atoms in total. The molecule has 0 spiro atoms. The molecule has 4 rings (SSSR count). The summed E-state index contributed by atoms with van der Waals surface area (Å²) in [6, 6.07) is 15.9. The second-order valence-corrected chi connectivity index (χ2v) is 6.98. The molecule has 2 N–H and O–H groups in total. The van der Waals surface area contributed by atoms with Crippen LogP contribution < -0.4 is 10.5 Å². The van der Waals surface area contributed by atoms with Crippen LogP contribution in [0.5, 0.6) is 5.75 Å². The Morgan fingerprint density at radius 2 is 1.96 bits per heavy atom. The Morgan fingerprint density at radius 3 is 2.68 bits per heavy atom. The normalized spacial score (nSPS) is 25.7. The lowest BCUT2D eigenvalue weighted by Gasteiger charge is -2.30. The molecule has 0 saturated carbocycles. The van der Waals surface area contributed by atoms with E-state index in [1.54, 1.807) is 12.1 Å². The molecule has 1 aliphatic heterocycles. The minimum atomic E-state index is 0.00256. The number of nitroso groups, excluding NO2 is 1. The van der Waals surface area contributed by atoms with Crippen molar-refractivity contribution in [2.45, 2.75) is 25.0 Å². The minimum Gasteiger partial charge on any atom is -0.484 e. The van der Waals surface area contributed by atoms with Crippen LogP contribution in [-0.2, 0) is 6.42 Å². The van der Waals surface area contributed by atoms with Crippen molar-refractivity contribution in [3.8, 4) is 5.75 Å². The lowest BCUT2D eigenvalue weighted by atomic mass is 10.1. The number of hydrogen-bond donors (Lipinski definition) is 1. The fourth-order valence-corrected chi connectivity index (χ4v) is 4.09. The molecule has 1 aliphatic carbocycles. The first kappa shape index (κ1) is 16.2. The first-order valence-corrected chi connectivity index (χ1v) is 8.90. The number of ether oxygens (including phenoxy) is 1. The highest BCUT2D eigenvalue weighted by Gasteiger charge is 2.40. The quantitative estimate of drug-likeness (QED) is 0.849. The molecule has 1 fully saturated rings. The molecule has 3 unspecified atom stereocenters. The average molecular weight is 337 g/mol. The molecule has 2 aliphatic rings. The van der Waals surface area contributed by atoms with Crippen LogP contribution in [0.25, 0.3) is 0 Å². The monoisotopic (exact) mass is 337 g/mol. The van der Waals surface area contributed by atoms with Gasteiger partial charge in [0.2, 0.25) is 0 Å². The van der Waals surface area contributed by atoms with Gasteiger partial charge in [-0.1, -0.05) is 24.3 Å². The van der Waals surface area contributed by atoms with Gasteiger partial charge in [-0.15, -0.1) is 4.91 Å². The van der Waals surface area contributed by atoms with Gasteiger partial charge in [0.25, 0.3) is 0 Å². The van der Waals surface area contributed by atoms with Gasteiger partial charge in [0.05, 0.1) is 6.04 Å². The first-order valence-electron chi connectivity index (χ1n) is 8.90. The molecule has 2 aromatic carbocycles. The summed E-state index contributed by atoms with van der Waals surface area (Å²) < 4.78 is 6.38. The molecule has 25 heavy (non-hydrogen) atoms. The molecule has 130 valence electrons. The predicted octanol–water partition coefficient (Wildman–Crippen LogP) is 3.41. The Kier molecular flexibility index (Phi) is 4.51. The largest absolute Gasteiger partial charge is 0.484 e. The van der Waals surface area contributed by atoms with Gasteiger partial charge < -0.3 is 10.5 Å². The molecule has 3 atom stereocenters. The third kappa shape index (κ3) is 3.17. The van der Waals surface area contributed by atoms with Gasteiger partial charge in [-0.2, -0.15) is 0 Å². The number of likely N-dealkylation sites (tertiary alicyclic amines) is 1. The van der Waals surface area contributed by atoms with Gasteiger partial charge in [0, 0.05) is 6.54 Å². The van der Waals surface area contributed by atoms with Crippen molar-refractivity contribution in [3.63, 3.8) is 0 Å². The molecule has 1 heterocycles. The fraction of sp³-hybridized carbons (Fsp3) is 0.400. The van der Waals surface area contributed by atoms with E-state index in [1.165, 1.54) is 11.1 Å². The van der Waals surface area contributed by atoms with Crippen molar-refractivity contribution >= 4 is 5.69 Å². The van der Waals surface area contributed by atoms with Crippen molar-refractivity contribution in [3.05, 3.63) is 64.6 Å². The maximum Gasteiger partial charge on any atom is 0.140 e. The summed E-state index contributed by atoms with van der Waals surface area (Å²) in [5, 5.41) is 2.95. The topological polar surface area (TPSA) is 67.9 Å². The van der Waals surface area contributed by atoms with Crippen LogP contribution in [0.2, 0.25) is 0 Å². The van der Waals surface area contributed by atoms with Crippen molar-refractivity contribution < 1.29 is 4.74 Å². The second-order valence-electron chi connectivity index (χ2n) is 6.98. The van der Waals surface area contributed by atoms with Crippen LogP contribution in [0.4, 0.5) is 5.69 Å². The standard InChI is InChI=1S/C20H23N3O2/c21-12-14-9-10-23(13-14)19-11-15-3-1-2-4-18(15)20(19)25-17-7-5-16(22-24)6-8-17/h1-8,14,19-20H,9-13,21H2. The highest BCUT2D eigenvalue weighted by Crippen LogP contribution is 2.39. The van der Waals surface area contributed by atoms with E-state index in [9.17, 15) is 4.91 Å². The van der Waals surface area contributed by atoms with Crippen molar-refractivity contribution in [2.75, 3.05) is 19.6 Å². The average Bonchev–Trinajstić information content (AvgIpc) is 3.27. The summed E-state index contributed by atoms with van der Waals surface area (Å²) in [7, 11) is 0. The molecule has 2 aromatic rings. The SMILES string of the molecule is NCC1CCN(C2Cc3ccccc3C2Oc2ccc(N=O)cc2)C1. The van der Waals surface area contributed by atoms with Crippen LogP contribution >= 0.6 is 0 Å². The van der Waals surface area contributed by atoms with E-state index in [0.29, 0.717) is 17.6 Å². The van der Waals surface area contributed by atoms with Gasteiger partial charge in [-0.3, -0.25) is 4.90 Å². The Labute approximate surface area is 147 Å². The van der Waals surface area contributed by atoms with Gasteiger partial charge in [-0.05, 0) is 72.4 Å². The summed E-state index contributed by atoms with van der Waals surface area (Å²) in [6.45, 7) is 2.87. The molecule has 1 saturated heterocycles. The molecular weight excluding hydrogens is 314 g/mol. The number of benzene rings is 2. The highest BCUT2D eigenvalue weighted by molar-refractivity contribution is 5.42. The molecule has 0 aromatic heterocycles. The predicted molar refractivity (Wildman–Crippen MR) is 97.9 cm³/mol. The zero-order chi connectivity index (χ0) is 17.2. The van der Waals surface area contributed by atoms with Crippen molar-refractivity contribution in [1.82, 2.24) is 4.90 Å². The number of hydrogen-bond acceptors (Lipinski definition) is 5. The minimum absolute atomic E-state index is 0.00256. The zero-order valence-corrected chi connectivity index (χ0v) is 14.2. The Bertz CT molecular complexity index is 747. The Balaban J connectivity index is 1.59. The van der Waals surface area contributed by atoms with Crippen molar-refractivity contribution in [2.24, 2.45) is 16.8 Å². The Morgan fingerprint density at radius 1 is 1.16 bits per heavy atom. The van der Waals surface area contributed by atoms with Crippen LogP contribution in [0, 0.1) is 10.8 Å². The highest BCUT2D eigenvalue weighted by atomic mass is 16.5. The lowest BCUT2D eigenvalue weighted by molar-refractivity contribution is 0.0917. The van der Waals surface area contributed by atoms with Crippen LogP contribution in [0.3, 0.4) is 0 Å². The van der Waals surface area contributed by atoms with E-state index in [1.807, 2.05) is 12.1 Å². The molecule has 0 bridgehead atoms. The van der Waals surface area contributed by atoms with Gasteiger partial charge in [-0.25, -0.2) is 0 Å². The van der Waals surface area contributed by atoms with Crippen LogP contribution in [0.1, 0.15) is 23.7 Å². The van der Waals surface area contributed by atoms with E-state index >= 15 is 0 Å². The van der Waals surface area contributed by atoms with Crippen LogP contribution in [0.15, 0.2) is 53.7 Å². The first-order chi connectivity index (χ1) is 12.3. The summed E-state index contributed by atoms with van der Waals surface area (Å²) >= 11 is 0. The van der Waals surface area contributed by atoms with Gasteiger partial charge >= 0.3 is 0 Å². The zero-order valence-electron chi connectivity index (χ0n) is 14.2. The van der Waals surface area contributed by atoms with Gasteiger partial charge in [0.1, 0.15) is 17.5 Å². The number of rotatable bonds is 5. The maximum atomic E-state index is 10.6. The van der Waals surface area contributed by atoms with E-state index in [-0.39, 0.29) is 6.10 Å². The van der Waals surface area contributed by atoms with E-state index < -0.39 is 0 Å². The van der Waals surface area contributed by atoms with E-state index in [2.05, 4.69) is 34.3 Å². The fourth-order valence-electron chi connectivity index (χ4n) is 4.09. The maximum absolute atomic E-state index is 10.6. The summed E-state index contributed by atoms with van der Waals surface area (Å²) in [5.41, 5.74) is 8.92. The Hall–Kier alpha value is -2.24. The van der Waals surface area contributed by atoms with E-state index in [0.717, 1.165) is 38.2 Å².